The fraction of sp³-hybridized carbons (Fsp3) is 0.625. The van der Waals surface area contributed by atoms with E-state index in [1.54, 1.807) is 0 Å². The van der Waals surface area contributed by atoms with Crippen molar-refractivity contribution < 1.29 is 0 Å². The van der Waals surface area contributed by atoms with Gasteiger partial charge in [0.15, 0.2) is 5.65 Å². The molecular formula is C16H21N3S2. The Morgan fingerprint density at radius 3 is 2.95 bits per heavy atom. The van der Waals surface area contributed by atoms with E-state index in [4.69, 9.17) is 4.98 Å². The van der Waals surface area contributed by atoms with Crippen LogP contribution >= 0.6 is 23.5 Å². The summed E-state index contributed by atoms with van der Waals surface area (Å²) in [7, 11) is 0. The number of thioether (sulfide) groups is 2. The molecule has 0 aliphatic carbocycles. The average Bonchev–Trinajstić information content (AvgIpc) is 2.96. The first-order valence-corrected chi connectivity index (χ1v) is 10.2. The monoisotopic (exact) mass is 319 g/mol. The molecule has 2 saturated heterocycles. The molecule has 21 heavy (non-hydrogen) atoms. The van der Waals surface area contributed by atoms with Crippen LogP contribution in [0.3, 0.4) is 0 Å². The normalized spacial score (nSPS) is 27.0. The molecule has 2 atom stereocenters. The van der Waals surface area contributed by atoms with E-state index >= 15 is 0 Å². The van der Waals surface area contributed by atoms with Gasteiger partial charge in [0.05, 0.1) is 5.37 Å². The minimum absolute atomic E-state index is 0.542. The van der Waals surface area contributed by atoms with E-state index in [-0.39, 0.29) is 0 Å². The number of rotatable bonds is 2. The van der Waals surface area contributed by atoms with Gasteiger partial charge in [-0.1, -0.05) is 0 Å². The molecule has 0 amide bonds. The van der Waals surface area contributed by atoms with Crippen LogP contribution in [0.2, 0.25) is 0 Å². The van der Waals surface area contributed by atoms with Crippen LogP contribution in [0.5, 0.6) is 0 Å². The lowest BCUT2D eigenvalue weighted by Gasteiger charge is -2.28. The van der Waals surface area contributed by atoms with Gasteiger partial charge in [0.25, 0.3) is 0 Å². The summed E-state index contributed by atoms with van der Waals surface area (Å²) in [5, 5.41) is 0.542. The second kappa shape index (κ2) is 6.21. The van der Waals surface area contributed by atoms with Crippen LogP contribution in [0.4, 0.5) is 0 Å². The van der Waals surface area contributed by atoms with Crippen molar-refractivity contribution in [2.45, 2.75) is 43.4 Å². The molecule has 4 rings (SSSR count). The van der Waals surface area contributed by atoms with E-state index in [1.807, 2.05) is 12.3 Å². The van der Waals surface area contributed by atoms with Crippen molar-refractivity contribution in [3.05, 3.63) is 24.2 Å². The molecule has 0 spiro atoms. The van der Waals surface area contributed by atoms with Crippen molar-refractivity contribution in [2.24, 2.45) is 0 Å². The zero-order valence-electron chi connectivity index (χ0n) is 12.2. The maximum Gasteiger partial charge on any atom is 0.160 e. The Kier molecular flexibility index (Phi) is 4.12. The predicted octanol–water partition coefficient (Wildman–Crippen LogP) is 4.46. The third kappa shape index (κ3) is 2.70. The summed E-state index contributed by atoms with van der Waals surface area (Å²) in [4.78, 5) is 9.64. The molecule has 0 N–H and O–H groups in total. The topological polar surface area (TPSA) is 30.7 Å². The van der Waals surface area contributed by atoms with E-state index in [0.717, 1.165) is 11.2 Å². The number of imidazole rings is 1. The quantitative estimate of drug-likeness (QED) is 0.818. The highest BCUT2D eigenvalue weighted by atomic mass is 32.2. The highest BCUT2D eigenvalue weighted by Gasteiger charge is 2.27. The van der Waals surface area contributed by atoms with E-state index in [2.05, 4.69) is 39.1 Å². The smallest absolute Gasteiger partial charge is 0.160 e. The number of aromatic nitrogens is 3. The van der Waals surface area contributed by atoms with E-state index < -0.39 is 0 Å². The second-order valence-corrected chi connectivity index (χ2v) is 8.36. The molecule has 2 aliphatic rings. The Bertz CT molecular complexity index is 613. The summed E-state index contributed by atoms with van der Waals surface area (Å²) in [5.74, 6) is 5.72. The molecule has 0 saturated carbocycles. The molecule has 2 aromatic rings. The Morgan fingerprint density at radius 2 is 2.14 bits per heavy atom. The van der Waals surface area contributed by atoms with Gasteiger partial charge in [-0.15, -0.1) is 11.8 Å². The van der Waals surface area contributed by atoms with Crippen LogP contribution in [0.15, 0.2) is 18.3 Å². The van der Waals surface area contributed by atoms with Crippen molar-refractivity contribution in [1.29, 1.82) is 0 Å². The zero-order chi connectivity index (χ0) is 14.1. The van der Waals surface area contributed by atoms with Crippen LogP contribution < -0.4 is 0 Å². The van der Waals surface area contributed by atoms with Crippen molar-refractivity contribution in [1.82, 2.24) is 14.5 Å². The van der Waals surface area contributed by atoms with E-state index in [9.17, 15) is 0 Å². The molecule has 0 radical (unpaired) electrons. The summed E-state index contributed by atoms with van der Waals surface area (Å²) in [6, 6.07) is 4.12. The molecule has 0 aromatic carbocycles. The maximum absolute atomic E-state index is 4.99. The minimum atomic E-state index is 0.542. The van der Waals surface area contributed by atoms with Gasteiger partial charge in [0.1, 0.15) is 11.3 Å². The third-order valence-corrected chi connectivity index (χ3v) is 7.02. The van der Waals surface area contributed by atoms with Gasteiger partial charge in [-0.25, -0.2) is 9.97 Å². The average molecular weight is 319 g/mol. The maximum atomic E-state index is 4.99. The Labute approximate surface area is 134 Å². The van der Waals surface area contributed by atoms with Gasteiger partial charge in [-0.3, -0.25) is 4.57 Å². The lowest BCUT2D eigenvalue weighted by molar-refractivity contribution is 0.523. The van der Waals surface area contributed by atoms with Crippen LogP contribution in [0.25, 0.3) is 11.2 Å². The molecule has 2 unspecified atom stereocenters. The number of hydrogen-bond donors (Lipinski definition) is 0. The molecule has 2 aromatic heterocycles. The molecule has 2 fully saturated rings. The van der Waals surface area contributed by atoms with Crippen LogP contribution in [0.1, 0.15) is 49.2 Å². The first kappa shape index (κ1) is 13.9. The molecule has 4 heterocycles. The SMILES string of the molecule is c1cnc2c(c1)nc(C1CCCSC1)n2C1CCCCS1. The first-order valence-electron chi connectivity index (χ1n) is 7.95. The van der Waals surface area contributed by atoms with E-state index in [0.29, 0.717) is 11.3 Å². The van der Waals surface area contributed by atoms with Gasteiger partial charge in [0.2, 0.25) is 0 Å². The van der Waals surface area contributed by atoms with Crippen molar-refractivity contribution in [3.8, 4) is 0 Å². The molecule has 0 bridgehead atoms. The van der Waals surface area contributed by atoms with Crippen molar-refractivity contribution in [2.75, 3.05) is 17.3 Å². The Hall–Kier alpha value is -0.680. The molecule has 5 heteroatoms. The number of pyridine rings is 1. The minimum Gasteiger partial charge on any atom is -0.300 e. The number of nitrogens with zero attached hydrogens (tertiary/aromatic N) is 3. The molecule has 112 valence electrons. The van der Waals surface area contributed by atoms with Gasteiger partial charge < -0.3 is 0 Å². The third-order valence-electron chi connectivity index (χ3n) is 4.45. The summed E-state index contributed by atoms with van der Waals surface area (Å²) in [5.41, 5.74) is 2.18. The van der Waals surface area contributed by atoms with Gasteiger partial charge in [-0.05, 0) is 55.7 Å². The van der Waals surface area contributed by atoms with Crippen molar-refractivity contribution in [3.63, 3.8) is 0 Å². The second-order valence-electron chi connectivity index (χ2n) is 5.92. The number of fused-ring (bicyclic) bond motifs is 1. The van der Waals surface area contributed by atoms with Gasteiger partial charge >= 0.3 is 0 Å². The summed E-state index contributed by atoms with van der Waals surface area (Å²) in [6.45, 7) is 0. The van der Waals surface area contributed by atoms with Gasteiger partial charge in [0, 0.05) is 17.9 Å². The van der Waals surface area contributed by atoms with Crippen LogP contribution in [-0.4, -0.2) is 31.8 Å². The van der Waals surface area contributed by atoms with Crippen molar-refractivity contribution >= 4 is 34.7 Å². The molecule has 3 nitrogen and oxygen atoms in total. The highest BCUT2D eigenvalue weighted by molar-refractivity contribution is 7.99. The Morgan fingerprint density at radius 1 is 1.14 bits per heavy atom. The molecule has 2 aliphatic heterocycles. The van der Waals surface area contributed by atoms with Gasteiger partial charge in [-0.2, -0.15) is 11.8 Å². The molecular weight excluding hydrogens is 298 g/mol. The van der Waals surface area contributed by atoms with Crippen LogP contribution in [-0.2, 0) is 0 Å². The predicted molar refractivity (Wildman–Crippen MR) is 92.2 cm³/mol. The summed E-state index contributed by atoms with van der Waals surface area (Å²) >= 11 is 4.17. The lowest BCUT2D eigenvalue weighted by atomic mass is 10.0. The summed E-state index contributed by atoms with van der Waals surface area (Å²) < 4.78 is 2.48. The summed E-state index contributed by atoms with van der Waals surface area (Å²) in [6.07, 6.45) is 8.48. The van der Waals surface area contributed by atoms with Crippen LogP contribution in [0, 0.1) is 0 Å². The number of hydrogen-bond acceptors (Lipinski definition) is 4. The first-order chi connectivity index (χ1) is 10.4. The Balaban J connectivity index is 1.79. The highest BCUT2D eigenvalue weighted by Crippen LogP contribution is 2.40. The largest absolute Gasteiger partial charge is 0.300 e. The standard InChI is InChI=1S/C16H21N3S2/c1-2-10-21-14(7-1)19-15(12-5-4-9-20-11-12)18-13-6-3-8-17-16(13)19/h3,6,8,12,14H,1-2,4-5,7,9-11H2. The van der Waals surface area contributed by atoms with E-state index in [1.165, 1.54) is 55.2 Å². The fourth-order valence-corrected chi connectivity index (χ4v) is 5.86. The zero-order valence-corrected chi connectivity index (χ0v) is 13.8. The fourth-order valence-electron chi connectivity index (χ4n) is 3.39. The lowest BCUT2D eigenvalue weighted by Crippen LogP contribution is -2.19.